The normalized spacial score (nSPS) is 24.4. The van der Waals surface area contributed by atoms with Crippen molar-refractivity contribution in [2.24, 2.45) is 5.92 Å². The van der Waals surface area contributed by atoms with Gasteiger partial charge in [0.2, 0.25) is 0 Å². The van der Waals surface area contributed by atoms with E-state index >= 15 is 0 Å². The molecule has 0 N–H and O–H groups in total. The van der Waals surface area contributed by atoms with Crippen LogP contribution in [0.5, 0.6) is 11.5 Å². The summed E-state index contributed by atoms with van der Waals surface area (Å²) in [7, 11) is 1.65. The lowest BCUT2D eigenvalue weighted by Gasteiger charge is -2.35. The number of fused-ring (bicyclic) bond motifs is 2. The number of hydrogen-bond acceptors (Lipinski definition) is 4. The first-order valence-electron chi connectivity index (χ1n) is 8.77. The van der Waals surface area contributed by atoms with Gasteiger partial charge in [0, 0.05) is 12.2 Å². The number of hydrogen-bond donors (Lipinski definition) is 0. The Morgan fingerprint density at radius 2 is 1.96 bits per heavy atom. The van der Waals surface area contributed by atoms with Gasteiger partial charge < -0.3 is 14.4 Å². The Bertz CT molecular complexity index is 732. The Morgan fingerprint density at radius 1 is 1.16 bits per heavy atom. The molecule has 1 aromatic heterocycles. The summed E-state index contributed by atoms with van der Waals surface area (Å²) in [5, 5.41) is 0. The van der Waals surface area contributed by atoms with Crippen LogP contribution >= 0.6 is 0 Å². The fraction of sp³-hybridized carbons (Fsp3) is 0.400. The van der Waals surface area contributed by atoms with Gasteiger partial charge in [0.15, 0.2) is 0 Å². The fourth-order valence-electron chi connectivity index (χ4n) is 4.10. The number of rotatable bonds is 5. The van der Waals surface area contributed by atoms with E-state index in [1.165, 1.54) is 6.42 Å². The van der Waals surface area contributed by atoms with Crippen molar-refractivity contribution >= 4 is 5.91 Å². The zero-order chi connectivity index (χ0) is 17.2. The highest BCUT2D eigenvalue weighted by Crippen LogP contribution is 2.43. The first-order chi connectivity index (χ1) is 12.3. The van der Waals surface area contributed by atoms with Crippen molar-refractivity contribution in [1.29, 1.82) is 0 Å². The minimum absolute atomic E-state index is 0.0242. The summed E-state index contributed by atoms with van der Waals surface area (Å²) in [6.45, 7) is 0.520. The number of aromatic nitrogens is 1. The Hall–Kier alpha value is -2.56. The highest BCUT2D eigenvalue weighted by molar-refractivity contribution is 5.93. The van der Waals surface area contributed by atoms with Gasteiger partial charge in [-0.1, -0.05) is 6.07 Å². The molecule has 2 bridgehead atoms. The standard InChI is InChI=1S/C20H22N2O3/c1-24-16-7-9-17(10-8-16)25-13-19-14-5-6-15(12-14)22(19)20(23)18-4-2-3-11-21-18/h2-4,7-11,14-15,19H,5-6,12-13H2,1H3/t14-,15+,19-/m0/s1. The maximum atomic E-state index is 12.9. The van der Waals surface area contributed by atoms with Crippen molar-refractivity contribution < 1.29 is 14.3 Å². The van der Waals surface area contributed by atoms with Crippen molar-refractivity contribution in [3.05, 3.63) is 54.4 Å². The lowest BCUT2D eigenvalue weighted by molar-refractivity contribution is 0.0500. The second-order valence-corrected chi connectivity index (χ2v) is 6.71. The molecule has 2 aromatic rings. The molecule has 5 nitrogen and oxygen atoms in total. The molecule has 2 aliphatic rings. The number of nitrogens with zero attached hydrogens (tertiary/aromatic N) is 2. The van der Waals surface area contributed by atoms with Gasteiger partial charge in [-0.05, 0) is 61.6 Å². The Kier molecular flexibility index (Phi) is 4.30. The number of benzene rings is 1. The SMILES string of the molecule is COc1ccc(OC[C@H]2[C@H]3CC[C@H](C3)N2C(=O)c2ccccn2)cc1. The second kappa shape index (κ2) is 6.75. The average molecular weight is 338 g/mol. The zero-order valence-corrected chi connectivity index (χ0v) is 14.3. The topological polar surface area (TPSA) is 51.7 Å². The quantitative estimate of drug-likeness (QED) is 0.840. The minimum atomic E-state index is 0.0242. The van der Waals surface area contributed by atoms with Gasteiger partial charge in [-0.25, -0.2) is 0 Å². The maximum Gasteiger partial charge on any atom is 0.273 e. The number of carbonyl (C=O) groups is 1. The lowest BCUT2D eigenvalue weighted by Crippen LogP contribution is -2.48. The third-order valence-corrected chi connectivity index (χ3v) is 5.34. The molecule has 1 saturated heterocycles. The summed E-state index contributed by atoms with van der Waals surface area (Å²) in [6.07, 6.45) is 5.01. The molecule has 0 radical (unpaired) electrons. The third-order valence-electron chi connectivity index (χ3n) is 5.34. The molecular formula is C20H22N2O3. The van der Waals surface area contributed by atoms with Gasteiger partial charge >= 0.3 is 0 Å². The zero-order valence-electron chi connectivity index (χ0n) is 14.3. The van der Waals surface area contributed by atoms with Crippen LogP contribution in [0.15, 0.2) is 48.7 Å². The van der Waals surface area contributed by atoms with Crippen LogP contribution in [0.3, 0.4) is 0 Å². The molecule has 5 heteroatoms. The molecular weight excluding hydrogens is 316 g/mol. The molecule has 130 valence electrons. The number of amides is 1. The van der Waals surface area contributed by atoms with E-state index in [1.54, 1.807) is 19.4 Å². The van der Waals surface area contributed by atoms with Crippen LogP contribution in [0.2, 0.25) is 0 Å². The van der Waals surface area contributed by atoms with E-state index in [4.69, 9.17) is 9.47 Å². The van der Waals surface area contributed by atoms with E-state index in [9.17, 15) is 4.79 Å². The number of pyridine rings is 1. The maximum absolute atomic E-state index is 12.9. The molecule has 1 saturated carbocycles. The Balaban J connectivity index is 1.48. The van der Waals surface area contributed by atoms with Gasteiger partial charge in [0.25, 0.3) is 5.91 Å². The van der Waals surface area contributed by atoms with E-state index in [0.717, 1.165) is 24.3 Å². The molecule has 1 aliphatic heterocycles. The van der Waals surface area contributed by atoms with Crippen LogP contribution in [0.4, 0.5) is 0 Å². The lowest BCUT2D eigenvalue weighted by atomic mass is 9.99. The predicted molar refractivity (Wildman–Crippen MR) is 93.8 cm³/mol. The summed E-state index contributed by atoms with van der Waals surface area (Å²) in [6, 6.07) is 13.5. The molecule has 2 fully saturated rings. The Morgan fingerprint density at radius 3 is 2.68 bits per heavy atom. The van der Waals surface area contributed by atoms with E-state index in [-0.39, 0.29) is 11.9 Å². The molecule has 3 atom stereocenters. The molecule has 1 amide bonds. The monoisotopic (exact) mass is 338 g/mol. The van der Waals surface area contributed by atoms with Crippen LogP contribution in [0.1, 0.15) is 29.8 Å². The van der Waals surface area contributed by atoms with E-state index in [0.29, 0.717) is 24.3 Å². The summed E-state index contributed by atoms with van der Waals surface area (Å²) in [5.74, 6) is 2.15. The minimum Gasteiger partial charge on any atom is -0.497 e. The molecule has 0 unspecified atom stereocenters. The molecule has 1 aromatic carbocycles. The highest BCUT2D eigenvalue weighted by Gasteiger charge is 2.48. The fourth-order valence-corrected chi connectivity index (χ4v) is 4.10. The summed E-state index contributed by atoms with van der Waals surface area (Å²) >= 11 is 0. The molecule has 2 heterocycles. The first kappa shape index (κ1) is 15.9. The van der Waals surface area contributed by atoms with Crippen molar-refractivity contribution in [2.45, 2.75) is 31.3 Å². The van der Waals surface area contributed by atoms with Crippen LogP contribution in [-0.2, 0) is 0 Å². The van der Waals surface area contributed by atoms with Crippen LogP contribution in [0.25, 0.3) is 0 Å². The predicted octanol–water partition coefficient (Wildman–Crippen LogP) is 3.16. The van der Waals surface area contributed by atoms with Gasteiger partial charge in [0.05, 0.1) is 13.2 Å². The van der Waals surface area contributed by atoms with Gasteiger partial charge in [0.1, 0.15) is 23.8 Å². The van der Waals surface area contributed by atoms with Crippen LogP contribution in [-0.4, -0.2) is 41.6 Å². The Labute approximate surface area is 147 Å². The molecule has 25 heavy (non-hydrogen) atoms. The van der Waals surface area contributed by atoms with Crippen molar-refractivity contribution in [3.63, 3.8) is 0 Å². The van der Waals surface area contributed by atoms with Crippen molar-refractivity contribution in [3.8, 4) is 11.5 Å². The molecule has 1 aliphatic carbocycles. The van der Waals surface area contributed by atoms with Crippen molar-refractivity contribution in [1.82, 2.24) is 9.88 Å². The first-order valence-corrected chi connectivity index (χ1v) is 8.77. The van der Waals surface area contributed by atoms with E-state index < -0.39 is 0 Å². The summed E-state index contributed by atoms with van der Waals surface area (Å²) < 4.78 is 11.2. The number of piperidine rings is 1. The van der Waals surface area contributed by atoms with Gasteiger partial charge in [-0.15, -0.1) is 0 Å². The van der Waals surface area contributed by atoms with Crippen molar-refractivity contribution in [2.75, 3.05) is 13.7 Å². The van der Waals surface area contributed by atoms with E-state index in [2.05, 4.69) is 4.98 Å². The van der Waals surface area contributed by atoms with Gasteiger partial charge in [-0.2, -0.15) is 0 Å². The largest absolute Gasteiger partial charge is 0.497 e. The van der Waals surface area contributed by atoms with Gasteiger partial charge in [-0.3, -0.25) is 9.78 Å². The van der Waals surface area contributed by atoms with Crippen LogP contribution in [0, 0.1) is 5.92 Å². The molecule has 4 rings (SSSR count). The number of methoxy groups -OCH3 is 1. The number of ether oxygens (including phenoxy) is 2. The summed E-state index contributed by atoms with van der Waals surface area (Å²) in [5.41, 5.74) is 0.518. The highest BCUT2D eigenvalue weighted by atomic mass is 16.5. The van der Waals surface area contributed by atoms with Crippen LogP contribution < -0.4 is 9.47 Å². The smallest absolute Gasteiger partial charge is 0.273 e. The van der Waals surface area contributed by atoms with E-state index in [1.807, 2.05) is 41.3 Å². The second-order valence-electron chi connectivity index (χ2n) is 6.71. The number of likely N-dealkylation sites (tertiary alicyclic amines) is 1. The molecule has 0 spiro atoms. The number of carbonyl (C=O) groups excluding carboxylic acids is 1. The average Bonchev–Trinajstić information content (AvgIpc) is 3.28. The summed E-state index contributed by atoms with van der Waals surface area (Å²) in [4.78, 5) is 19.2. The third kappa shape index (κ3) is 3.06.